The number of nitrogens with one attached hydrogen (secondary N) is 1. The molecule has 0 aliphatic rings. The summed E-state index contributed by atoms with van der Waals surface area (Å²) in [5.74, 6) is -0.508. The van der Waals surface area contributed by atoms with E-state index in [0.717, 1.165) is 12.1 Å². The predicted octanol–water partition coefficient (Wildman–Crippen LogP) is 4.22. The van der Waals surface area contributed by atoms with Gasteiger partial charge in [-0.05, 0) is 39.0 Å². The molecule has 112 valence electrons. The number of hydrogen-bond acceptors (Lipinski definition) is 2. The maximum Gasteiger partial charge on any atom is 0.416 e. The Morgan fingerprint density at radius 2 is 1.85 bits per heavy atom. The maximum atomic E-state index is 12.6. The van der Waals surface area contributed by atoms with Crippen LogP contribution in [0, 0.1) is 0 Å². The molecule has 0 saturated carbocycles. The maximum absolute atomic E-state index is 12.6. The van der Waals surface area contributed by atoms with E-state index in [1.54, 1.807) is 20.8 Å². The molecule has 0 aliphatic carbocycles. The zero-order valence-corrected chi connectivity index (χ0v) is 12.9. The molecule has 0 spiro atoms. The molecular weight excluding hydrogens is 339 g/mol. The second-order valence-electron chi connectivity index (χ2n) is 5.18. The summed E-state index contributed by atoms with van der Waals surface area (Å²) in [6.45, 7) is 5.11. The zero-order chi connectivity index (χ0) is 15.6. The van der Waals surface area contributed by atoms with Crippen LogP contribution in [-0.2, 0) is 15.7 Å². The first-order chi connectivity index (χ1) is 8.97. The summed E-state index contributed by atoms with van der Waals surface area (Å²) in [4.78, 5) is 11.6. The smallest absolute Gasteiger partial charge is 0.366 e. The van der Waals surface area contributed by atoms with Crippen LogP contribution in [0.3, 0.4) is 0 Å². The number of ether oxygens (including phenoxy) is 1. The largest absolute Gasteiger partial charge is 0.416 e. The van der Waals surface area contributed by atoms with Crippen LogP contribution in [0.2, 0.25) is 0 Å². The number of hydrogen-bond donors (Lipinski definition) is 1. The summed E-state index contributed by atoms with van der Waals surface area (Å²) in [5, 5.41) is 2.37. The first-order valence-electron chi connectivity index (χ1n) is 5.79. The van der Waals surface area contributed by atoms with Crippen molar-refractivity contribution in [2.75, 3.05) is 11.9 Å². The van der Waals surface area contributed by atoms with E-state index in [1.807, 2.05) is 0 Å². The van der Waals surface area contributed by atoms with Crippen molar-refractivity contribution < 1.29 is 22.7 Å². The topological polar surface area (TPSA) is 38.3 Å². The molecule has 1 aromatic rings. The number of benzene rings is 1. The van der Waals surface area contributed by atoms with E-state index in [1.165, 1.54) is 6.07 Å². The molecule has 0 aliphatic heterocycles. The number of anilines is 1. The average molecular weight is 354 g/mol. The Morgan fingerprint density at radius 3 is 2.35 bits per heavy atom. The minimum absolute atomic E-state index is 0.0641. The summed E-state index contributed by atoms with van der Waals surface area (Å²) >= 11 is 2.98. The summed E-state index contributed by atoms with van der Waals surface area (Å²) in [6.07, 6.45) is -4.47. The van der Waals surface area contributed by atoms with Crippen molar-refractivity contribution in [3.05, 3.63) is 28.2 Å². The van der Waals surface area contributed by atoms with Gasteiger partial charge in [-0.3, -0.25) is 4.79 Å². The van der Waals surface area contributed by atoms with Crippen molar-refractivity contribution in [3.63, 3.8) is 0 Å². The Kier molecular flexibility index (Phi) is 5.21. The van der Waals surface area contributed by atoms with Gasteiger partial charge in [0.25, 0.3) is 0 Å². The molecule has 1 amide bonds. The quantitative estimate of drug-likeness (QED) is 0.883. The molecule has 1 rings (SSSR count). The van der Waals surface area contributed by atoms with E-state index in [0.29, 0.717) is 0 Å². The average Bonchev–Trinajstić information content (AvgIpc) is 2.23. The van der Waals surface area contributed by atoms with Crippen molar-refractivity contribution in [1.29, 1.82) is 0 Å². The van der Waals surface area contributed by atoms with Gasteiger partial charge in [0, 0.05) is 10.2 Å². The van der Waals surface area contributed by atoms with Gasteiger partial charge in [0.1, 0.15) is 6.61 Å². The Balaban J connectivity index is 2.78. The molecule has 0 radical (unpaired) electrons. The number of alkyl halides is 3. The molecule has 0 fully saturated rings. The van der Waals surface area contributed by atoms with Crippen LogP contribution in [0.15, 0.2) is 22.7 Å². The molecule has 3 nitrogen and oxygen atoms in total. The fourth-order valence-electron chi connectivity index (χ4n) is 1.30. The van der Waals surface area contributed by atoms with Crippen LogP contribution >= 0.6 is 15.9 Å². The van der Waals surface area contributed by atoms with Crippen LogP contribution in [0.1, 0.15) is 26.3 Å². The first kappa shape index (κ1) is 17.0. The van der Waals surface area contributed by atoms with E-state index in [9.17, 15) is 18.0 Å². The molecule has 0 bridgehead atoms. The van der Waals surface area contributed by atoms with Crippen LogP contribution in [0.4, 0.5) is 18.9 Å². The fraction of sp³-hybridized carbons (Fsp3) is 0.462. The number of amides is 1. The van der Waals surface area contributed by atoms with Gasteiger partial charge >= 0.3 is 6.18 Å². The lowest BCUT2D eigenvalue weighted by atomic mass is 10.2. The number of halogens is 4. The zero-order valence-electron chi connectivity index (χ0n) is 11.3. The highest BCUT2D eigenvalue weighted by Gasteiger charge is 2.31. The minimum atomic E-state index is -4.47. The second kappa shape index (κ2) is 6.13. The molecule has 0 atom stereocenters. The highest BCUT2D eigenvalue weighted by Crippen LogP contribution is 2.33. The highest BCUT2D eigenvalue weighted by molar-refractivity contribution is 9.10. The third-order valence-corrected chi connectivity index (χ3v) is 2.60. The summed E-state index contributed by atoms with van der Waals surface area (Å²) in [5.41, 5.74) is -1.26. The lowest BCUT2D eigenvalue weighted by Gasteiger charge is -2.19. The van der Waals surface area contributed by atoms with Gasteiger partial charge in [-0.15, -0.1) is 0 Å². The molecule has 1 N–H and O–H groups in total. The van der Waals surface area contributed by atoms with Crippen LogP contribution in [-0.4, -0.2) is 18.1 Å². The lowest BCUT2D eigenvalue weighted by molar-refractivity contribution is -0.137. The van der Waals surface area contributed by atoms with E-state index in [-0.39, 0.29) is 16.8 Å². The van der Waals surface area contributed by atoms with Crippen molar-refractivity contribution in [2.45, 2.75) is 32.5 Å². The number of carbonyl (C=O) groups excluding carboxylic acids is 1. The second-order valence-corrected chi connectivity index (χ2v) is 6.09. The van der Waals surface area contributed by atoms with E-state index in [4.69, 9.17) is 4.74 Å². The lowest BCUT2D eigenvalue weighted by Crippen LogP contribution is -2.27. The number of carbonyl (C=O) groups is 1. The molecule has 0 aromatic heterocycles. The Morgan fingerprint density at radius 1 is 1.25 bits per heavy atom. The molecule has 1 aromatic carbocycles. The van der Waals surface area contributed by atoms with Crippen molar-refractivity contribution >= 4 is 27.5 Å². The van der Waals surface area contributed by atoms with Gasteiger partial charge in [0.15, 0.2) is 0 Å². The van der Waals surface area contributed by atoms with Gasteiger partial charge < -0.3 is 10.1 Å². The molecule has 20 heavy (non-hydrogen) atoms. The van der Waals surface area contributed by atoms with E-state index >= 15 is 0 Å². The summed E-state index contributed by atoms with van der Waals surface area (Å²) in [7, 11) is 0. The van der Waals surface area contributed by atoms with Crippen LogP contribution in [0.5, 0.6) is 0 Å². The normalized spacial score (nSPS) is 12.3. The van der Waals surface area contributed by atoms with Gasteiger partial charge in [-0.2, -0.15) is 13.2 Å². The number of rotatable bonds is 3. The highest BCUT2D eigenvalue weighted by atomic mass is 79.9. The Hall–Kier alpha value is -1.08. The summed E-state index contributed by atoms with van der Waals surface area (Å²) in [6, 6.07) is 3.21. The Labute approximate surface area is 123 Å². The molecule has 0 heterocycles. The first-order valence-corrected chi connectivity index (χ1v) is 6.58. The van der Waals surface area contributed by atoms with Gasteiger partial charge in [-0.25, -0.2) is 0 Å². The fourth-order valence-corrected chi connectivity index (χ4v) is 1.80. The molecule has 0 unspecified atom stereocenters. The molecule has 7 heteroatoms. The van der Waals surface area contributed by atoms with Gasteiger partial charge in [0.2, 0.25) is 5.91 Å². The van der Waals surface area contributed by atoms with Gasteiger partial charge in [-0.1, -0.05) is 15.9 Å². The van der Waals surface area contributed by atoms with E-state index in [2.05, 4.69) is 21.2 Å². The van der Waals surface area contributed by atoms with Crippen molar-refractivity contribution in [1.82, 2.24) is 0 Å². The molecular formula is C13H15BrF3NO2. The van der Waals surface area contributed by atoms with Crippen LogP contribution < -0.4 is 5.32 Å². The third kappa shape index (κ3) is 5.92. The SMILES string of the molecule is CC(C)(C)OCC(=O)Nc1cc(Br)cc(C(F)(F)F)c1. The van der Waals surface area contributed by atoms with Crippen molar-refractivity contribution in [3.8, 4) is 0 Å². The van der Waals surface area contributed by atoms with Crippen molar-refractivity contribution in [2.24, 2.45) is 0 Å². The molecule has 0 saturated heterocycles. The summed E-state index contributed by atoms with van der Waals surface area (Å²) < 4.78 is 43.4. The monoisotopic (exact) mass is 353 g/mol. The third-order valence-electron chi connectivity index (χ3n) is 2.15. The Bertz CT molecular complexity index is 495. The minimum Gasteiger partial charge on any atom is -0.366 e. The van der Waals surface area contributed by atoms with Crippen LogP contribution in [0.25, 0.3) is 0 Å². The predicted molar refractivity (Wildman–Crippen MR) is 73.5 cm³/mol. The standard InChI is InChI=1S/C13H15BrF3NO2/c1-12(2,3)20-7-11(19)18-10-5-8(13(15,16)17)4-9(14)6-10/h4-6H,7H2,1-3H3,(H,18,19). The van der Waals surface area contributed by atoms with Gasteiger partial charge in [0.05, 0.1) is 11.2 Å². The van der Waals surface area contributed by atoms with E-state index < -0.39 is 23.2 Å².